The zero-order valence-corrected chi connectivity index (χ0v) is 31.5. The van der Waals surface area contributed by atoms with E-state index in [9.17, 15) is 0 Å². The van der Waals surface area contributed by atoms with E-state index in [-0.39, 0.29) is 0 Å². The highest BCUT2D eigenvalue weighted by Gasteiger charge is 2.14. The third kappa shape index (κ3) is 16.8. The van der Waals surface area contributed by atoms with E-state index in [4.69, 9.17) is 0 Å². The highest BCUT2D eigenvalue weighted by Crippen LogP contribution is 2.33. The summed E-state index contributed by atoms with van der Waals surface area (Å²) in [6, 6.07) is 19.4. The van der Waals surface area contributed by atoms with Crippen LogP contribution in [0.5, 0.6) is 0 Å². The average molecular weight is 627 g/mol. The molecule has 0 saturated carbocycles. The molecule has 0 fully saturated rings. The summed E-state index contributed by atoms with van der Waals surface area (Å²) in [6.07, 6.45) is 23.2. The Morgan fingerprint density at radius 3 is 1.83 bits per heavy atom. The molecule has 0 aliphatic heterocycles. The molecule has 2 aromatic carbocycles. The molecule has 0 amide bonds. The van der Waals surface area contributed by atoms with Crippen molar-refractivity contribution in [2.45, 2.75) is 126 Å². The summed E-state index contributed by atoms with van der Waals surface area (Å²) in [6.45, 7) is 20.0. The summed E-state index contributed by atoms with van der Waals surface area (Å²) in [4.78, 5) is 4.83. The normalized spacial score (nSPS) is 14.0. The summed E-state index contributed by atoms with van der Waals surface area (Å²) >= 11 is 0. The van der Waals surface area contributed by atoms with E-state index in [1.807, 2.05) is 13.8 Å². The van der Waals surface area contributed by atoms with E-state index in [2.05, 4.69) is 137 Å². The Morgan fingerprint density at radius 2 is 1.26 bits per heavy atom. The van der Waals surface area contributed by atoms with Gasteiger partial charge in [-0.2, -0.15) is 0 Å². The van der Waals surface area contributed by atoms with Gasteiger partial charge in [-0.25, -0.2) is 0 Å². The second-order valence-electron chi connectivity index (χ2n) is 12.6. The van der Waals surface area contributed by atoms with Gasteiger partial charge in [0.1, 0.15) is 0 Å². The molecule has 0 radical (unpaired) electrons. The molecule has 0 aromatic heterocycles. The second kappa shape index (κ2) is 26.4. The van der Waals surface area contributed by atoms with Gasteiger partial charge in [0, 0.05) is 6.54 Å². The first-order valence-electron chi connectivity index (χ1n) is 18.7. The van der Waals surface area contributed by atoms with E-state index < -0.39 is 0 Å². The third-order valence-electron chi connectivity index (χ3n) is 8.58. The van der Waals surface area contributed by atoms with Crippen molar-refractivity contribution in [2.24, 2.45) is 0 Å². The van der Waals surface area contributed by atoms with Crippen LogP contribution in [0.2, 0.25) is 0 Å². The minimum absolute atomic E-state index is 1.02. The van der Waals surface area contributed by atoms with Crippen molar-refractivity contribution in [3.05, 3.63) is 107 Å². The van der Waals surface area contributed by atoms with Gasteiger partial charge in [-0.1, -0.05) is 145 Å². The molecular formula is C44H70N2. The van der Waals surface area contributed by atoms with Gasteiger partial charge in [0.2, 0.25) is 0 Å². The smallest absolute Gasteiger partial charge is 0.0236 e. The monoisotopic (exact) mass is 627 g/mol. The molecule has 2 aliphatic rings. The fraction of sp³-hybridized carbons (Fsp3) is 0.545. The summed E-state index contributed by atoms with van der Waals surface area (Å²) in [5.74, 6) is 0. The summed E-state index contributed by atoms with van der Waals surface area (Å²) in [5.41, 5.74) is 10.4. The van der Waals surface area contributed by atoms with Crippen molar-refractivity contribution in [1.29, 1.82) is 0 Å². The van der Waals surface area contributed by atoms with Gasteiger partial charge in [-0.15, -0.1) is 0 Å². The molecule has 0 heterocycles. The summed E-state index contributed by atoms with van der Waals surface area (Å²) in [5, 5.41) is 0. The van der Waals surface area contributed by atoms with Crippen molar-refractivity contribution in [3.63, 3.8) is 0 Å². The molecule has 2 aromatic rings. The number of allylic oxidation sites excluding steroid dienone is 8. The number of unbranched alkanes of at least 4 members (excludes halogenated alkanes) is 3. The fourth-order valence-corrected chi connectivity index (χ4v) is 5.80. The van der Waals surface area contributed by atoms with Crippen LogP contribution < -0.4 is 0 Å². The first-order chi connectivity index (χ1) is 22.4. The van der Waals surface area contributed by atoms with Gasteiger partial charge in [-0.05, 0) is 125 Å². The first-order valence-corrected chi connectivity index (χ1v) is 18.7. The molecule has 0 spiro atoms. The predicted molar refractivity (Wildman–Crippen MR) is 209 cm³/mol. The molecule has 0 unspecified atom stereocenters. The van der Waals surface area contributed by atoms with Crippen molar-refractivity contribution in [2.75, 3.05) is 33.7 Å². The van der Waals surface area contributed by atoms with Crippen LogP contribution in [-0.2, 0) is 6.54 Å². The van der Waals surface area contributed by atoms with Crippen LogP contribution in [0.3, 0.4) is 0 Å². The maximum Gasteiger partial charge on any atom is 0.0236 e. The minimum atomic E-state index is 1.02. The van der Waals surface area contributed by atoms with Crippen molar-refractivity contribution < 1.29 is 0 Å². The van der Waals surface area contributed by atoms with Gasteiger partial charge in [0.15, 0.2) is 0 Å². The Morgan fingerprint density at radius 1 is 0.674 bits per heavy atom. The Kier molecular flexibility index (Phi) is 23.7. The molecule has 2 aliphatic carbocycles. The van der Waals surface area contributed by atoms with Gasteiger partial charge < -0.3 is 9.80 Å². The van der Waals surface area contributed by atoms with E-state index >= 15 is 0 Å². The maximum absolute atomic E-state index is 2.42. The predicted octanol–water partition coefficient (Wildman–Crippen LogP) is 12.8. The van der Waals surface area contributed by atoms with Crippen LogP contribution in [0.15, 0.2) is 101 Å². The van der Waals surface area contributed by atoms with Gasteiger partial charge in [-0.3, -0.25) is 0 Å². The van der Waals surface area contributed by atoms with Gasteiger partial charge in [0.25, 0.3) is 0 Å². The number of rotatable bonds is 14. The van der Waals surface area contributed by atoms with Crippen LogP contribution in [0.25, 0.3) is 11.1 Å². The lowest BCUT2D eigenvalue weighted by Crippen LogP contribution is -2.20. The summed E-state index contributed by atoms with van der Waals surface area (Å²) in [7, 11) is 4.42. The van der Waals surface area contributed by atoms with Crippen LogP contribution in [0.1, 0.15) is 125 Å². The minimum Gasteiger partial charge on any atom is -0.306 e. The number of hydrogen-bond donors (Lipinski definition) is 0. The van der Waals surface area contributed by atoms with E-state index in [1.54, 1.807) is 22.3 Å². The zero-order chi connectivity index (χ0) is 34.0. The van der Waals surface area contributed by atoms with Crippen LogP contribution in [-0.4, -0.2) is 43.5 Å². The molecule has 256 valence electrons. The van der Waals surface area contributed by atoms with Gasteiger partial charge in [0.05, 0.1) is 0 Å². The maximum atomic E-state index is 2.42. The SMILES string of the molecule is CC.CCC1=C(C2=CC=CCC2)CCC(C)=C1.CCCCN(C)CCCC.CCCCN(C)Cc1ccccc1-c1ccccc1. The van der Waals surface area contributed by atoms with E-state index in [0.717, 1.165) is 6.54 Å². The molecule has 4 rings (SSSR count). The second-order valence-corrected chi connectivity index (χ2v) is 12.6. The molecular weight excluding hydrogens is 556 g/mol. The number of nitrogens with zero attached hydrogens (tertiary/aromatic N) is 2. The lowest BCUT2D eigenvalue weighted by atomic mass is 9.84. The molecule has 0 bridgehead atoms. The number of benzene rings is 2. The molecule has 2 heteroatoms. The van der Waals surface area contributed by atoms with E-state index in [0.29, 0.717) is 0 Å². The fourth-order valence-electron chi connectivity index (χ4n) is 5.80. The molecule has 2 nitrogen and oxygen atoms in total. The molecule has 0 saturated heterocycles. The molecule has 0 N–H and O–H groups in total. The Balaban J connectivity index is 0.000000352. The van der Waals surface area contributed by atoms with Crippen LogP contribution in [0, 0.1) is 0 Å². The van der Waals surface area contributed by atoms with Crippen LogP contribution in [0.4, 0.5) is 0 Å². The standard InChI is InChI=1S/C18H23N.C15H20.C9H21N.C2H6/c1-3-4-14-19(2)15-17-12-8-9-13-18(17)16-10-6-5-7-11-16;1-3-13-11-12(2)9-10-15(13)14-7-5-4-6-8-14;1-4-6-8-10(3)9-7-5-2;1-2/h5-13H,3-4,14-15H2,1-2H3;4-5,7,11H,3,6,8-10H2,1-2H3;4-9H2,1-3H3;1-2H3. The third-order valence-corrected chi connectivity index (χ3v) is 8.58. The highest BCUT2D eigenvalue weighted by atomic mass is 15.1. The van der Waals surface area contributed by atoms with Crippen molar-refractivity contribution in [3.8, 4) is 11.1 Å². The first kappa shape index (κ1) is 41.3. The quantitative estimate of drug-likeness (QED) is 0.206. The number of hydrogen-bond acceptors (Lipinski definition) is 2. The summed E-state index contributed by atoms with van der Waals surface area (Å²) < 4.78 is 0. The largest absolute Gasteiger partial charge is 0.306 e. The Labute approximate surface area is 286 Å². The lowest BCUT2D eigenvalue weighted by Gasteiger charge is -2.21. The van der Waals surface area contributed by atoms with Crippen molar-refractivity contribution >= 4 is 0 Å². The van der Waals surface area contributed by atoms with Gasteiger partial charge >= 0.3 is 0 Å². The lowest BCUT2D eigenvalue weighted by molar-refractivity contribution is 0.321. The average Bonchev–Trinajstić information content (AvgIpc) is 3.11. The molecule has 46 heavy (non-hydrogen) atoms. The Hall–Kier alpha value is -2.68. The molecule has 0 atom stereocenters. The highest BCUT2D eigenvalue weighted by molar-refractivity contribution is 5.67. The van der Waals surface area contributed by atoms with Crippen LogP contribution >= 0.6 is 0 Å². The Bertz CT molecular complexity index is 1160. The van der Waals surface area contributed by atoms with Crippen molar-refractivity contribution in [1.82, 2.24) is 9.80 Å². The zero-order valence-electron chi connectivity index (χ0n) is 31.5. The topological polar surface area (TPSA) is 6.48 Å². The van der Waals surface area contributed by atoms with E-state index in [1.165, 1.54) is 107 Å².